The van der Waals surface area contributed by atoms with Crippen molar-refractivity contribution in [1.29, 1.82) is 0 Å². The first kappa shape index (κ1) is 22.4. The van der Waals surface area contributed by atoms with Crippen LogP contribution >= 0.6 is 0 Å². The van der Waals surface area contributed by atoms with Crippen molar-refractivity contribution in [1.82, 2.24) is 4.98 Å². The first-order valence-electron chi connectivity index (χ1n) is 9.64. The molecule has 0 bridgehead atoms. The highest BCUT2D eigenvalue weighted by molar-refractivity contribution is 6.05. The van der Waals surface area contributed by atoms with Gasteiger partial charge in [0, 0.05) is 35.4 Å². The average Bonchev–Trinajstić information content (AvgIpc) is 2.83. The molecule has 0 aliphatic carbocycles. The maximum atomic E-state index is 12.7. The van der Waals surface area contributed by atoms with E-state index in [4.69, 9.17) is 14.2 Å². The highest BCUT2D eigenvalue weighted by Crippen LogP contribution is 2.38. The van der Waals surface area contributed by atoms with Crippen LogP contribution in [-0.4, -0.2) is 38.1 Å². The maximum Gasteiger partial charge on any atom is 0.255 e. The van der Waals surface area contributed by atoms with Crippen molar-refractivity contribution in [3.63, 3.8) is 0 Å². The van der Waals surface area contributed by atoms with E-state index in [0.717, 1.165) is 5.56 Å². The predicted octanol–water partition coefficient (Wildman–Crippen LogP) is 4.01. The van der Waals surface area contributed by atoms with E-state index in [0.29, 0.717) is 34.2 Å². The lowest BCUT2D eigenvalue weighted by molar-refractivity contribution is -0.111. The normalized spacial score (nSPS) is 10.5. The van der Waals surface area contributed by atoms with Crippen LogP contribution in [0.15, 0.2) is 67.0 Å². The predicted molar refractivity (Wildman–Crippen MR) is 122 cm³/mol. The number of hydrogen-bond acceptors (Lipinski definition) is 6. The molecule has 0 saturated heterocycles. The molecule has 0 atom stereocenters. The van der Waals surface area contributed by atoms with Crippen molar-refractivity contribution in [2.45, 2.75) is 0 Å². The van der Waals surface area contributed by atoms with E-state index in [1.807, 2.05) is 0 Å². The number of hydrogen-bond donors (Lipinski definition) is 2. The van der Waals surface area contributed by atoms with Crippen molar-refractivity contribution in [2.75, 3.05) is 32.0 Å². The number of nitrogens with zero attached hydrogens (tertiary/aromatic N) is 1. The van der Waals surface area contributed by atoms with Gasteiger partial charge in [0.25, 0.3) is 5.91 Å². The summed E-state index contributed by atoms with van der Waals surface area (Å²) < 4.78 is 15.8. The summed E-state index contributed by atoms with van der Waals surface area (Å²) in [5, 5.41) is 5.57. The molecule has 0 radical (unpaired) electrons. The summed E-state index contributed by atoms with van der Waals surface area (Å²) in [6.07, 6.45) is 6.45. The zero-order valence-electron chi connectivity index (χ0n) is 17.9. The first-order valence-corrected chi connectivity index (χ1v) is 9.64. The zero-order valence-corrected chi connectivity index (χ0v) is 17.9. The fraction of sp³-hybridized carbons (Fsp3) is 0.125. The number of benzene rings is 2. The fourth-order valence-corrected chi connectivity index (χ4v) is 2.88. The molecular formula is C24H23N3O5. The number of carbonyl (C=O) groups is 2. The number of nitrogens with one attached hydrogen (secondary N) is 2. The van der Waals surface area contributed by atoms with E-state index >= 15 is 0 Å². The van der Waals surface area contributed by atoms with Crippen LogP contribution in [0, 0.1) is 0 Å². The van der Waals surface area contributed by atoms with E-state index in [-0.39, 0.29) is 11.8 Å². The zero-order chi connectivity index (χ0) is 22.9. The third-order valence-corrected chi connectivity index (χ3v) is 4.47. The molecule has 2 amide bonds. The fourth-order valence-electron chi connectivity index (χ4n) is 2.88. The van der Waals surface area contributed by atoms with E-state index in [1.54, 1.807) is 67.0 Å². The Kier molecular flexibility index (Phi) is 7.42. The van der Waals surface area contributed by atoms with Gasteiger partial charge in [0.05, 0.1) is 21.3 Å². The summed E-state index contributed by atoms with van der Waals surface area (Å²) >= 11 is 0. The van der Waals surface area contributed by atoms with Crippen LogP contribution in [0.5, 0.6) is 17.2 Å². The minimum Gasteiger partial charge on any atom is -0.493 e. The number of methoxy groups -OCH3 is 3. The summed E-state index contributed by atoms with van der Waals surface area (Å²) in [5.74, 6) is 0.562. The monoisotopic (exact) mass is 433 g/mol. The SMILES string of the molecule is COc1cc(C(=O)Nc2ccc(NC(=O)/C=C/c3ccncc3)cc2)cc(OC)c1OC. The van der Waals surface area contributed by atoms with E-state index < -0.39 is 0 Å². The molecule has 0 aliphatic rings. The van der Waals surface area contributed by atoms with Gasteiger partial charge < -0.3 is 24.8 Å². The quantitative estimate of drug-likeness (QED) is 0.521. The second-order valence-electron chi connectivity index (χ2n) is 6.55. The number of pyridine rings is 1. The van der Waals surface area contributed by atoms with Gasteiger partial charge in [0.2, 0.25) is 11.7 Å². The molecule has 0 aliphatic heterocycles. The Labute approximate surface area is 185 Å². The number of amides is 2. The second kappa shape index (κ2) is 10.6. The van der Waals surface area contributed by atoms with Crippen LogP contribution in [-0.2, 0) is 4.79 Å². The Hall–Kier alpha value is -4.33. The van der Waals surface area contributed by atoms with E-state index in [1.165, 1.54) is 27.4 Å². The van der Waals surface area contributed by atoms with Crippen LogP contribution in [0.3, 0.4) is 0 Å². The van der Waals surface area contributed by atoms with Crippen molar-refractivity contribution < 1.29 is 23.8 Å². The average molecular weight is 433 g/mol. The van der Waals surface area contributed by atoms with Crippen molar-refractivity contribution in [3.05, 3.63) is 78.1 Å². The molecule has 8 nitrogen and oxygen atoms in total. The molecule has 0 saturated carbocycles. The van der Waals surface area contributed by atoms with Gasteiger partial charge in [0.15, 0.2) is 11.5 Å². The van der Waals surface area contributed by atoms with Crippen molar-refractivity contribution in [2.24, 2.45) is 0 Å². The molecule has 0 spiro atoms. The first-order chi connectivity index (χ1) is 15.5. The van der Waals surface area contributed by atoms with Gasteiger partial charge in [-0.2, -0.15) is 0 Å². The molecule has 3 aromatic rings. The number of anilines is 2. The molecule has 8 heteroatoms. The summed E-state index contributed by atoms with van der Waals surface area (Å²) in [4.78, 5) is 28.7. The minimum atomic E-state index is -0.346. The third-order valence-electron chi connectivity index (χ3n) is 4.47. The number of ether oxygens (including phenoxy) is 3. The van der Waals surface area contributed by atoms with Gasteiger partial charge in [-0.15, -0.1) is 0 Å². The number of carbonyl (C=O) groups excluding carboxylic acids is 2. The highest BCUT2D eigenvalue weighted by Gasteiger charge is 2.17. The standard InChI is InChI=1S/C24H23N3O5/c1-30-20-14-17(15-21(31-2)23(20)32-3)24(29)27-19-7-5-18(6-8-19)26-22(28)9-4-16-10-12-25-13-11-16/h4-15H,1-3H3,(H,26,28)(H,27,29)/b9-4+. The Morgan fingerprint density at radius 3 is 1.91 bits per heavy atom. The van der Waals surface area contributed by atoms with Crippen LogP contribution in [0.1, 0.15) is 15.9 Å². The number of rotatable bonds is 8. The van der Waals surface area contributed by atoms with Gasteiger partial charge in [-0.25, -0.2) is 0 Å². The maximum absolute atomic E-state index is 12.7. The summed E-state index contributed by atoms with van der Waals surface area (Å²) in [6, 6.07) is 13.5. The molecule has 1 heterocycles. The minimum absolute atomic E-state index is 0.268. The molecule has 2 aromatic carbocycles. The van der Waals surface area contributed by atoms with Crippen LogP contribution in [0.4, 0.5) is 11.4 Å². The number of aromatic nitrogens is 1. The summed E-state index contributed by atoms with van der Waals surface area (Å²) in [7, 11) is 4.46. The van der Waals surface area contributed by atoms with E-state index in [9.17, 15) is 9.59 Å². The van der Waals surface area contributed by atoms with Crippen molar-refractivity contribution in [3.8, 4) is 17.2 Å². The smallest absolute Gasteiger partial charge is 0.255 e. The lowest BCUT2D eigenvalue weighted by Crippen LogP contribution is -2.13. The molecular weight excluding hydrogens is 410 g/mol. The Bertz CT molecular complexity index is 1090. The summed E-state index contributed by atoms with van der Waals surface area (Å²) in [5.41, 5.74) is 2.38. The van der Waals surface area contributed by atoms with Gasteiger partial charge in [-0.3, -0.25) is 14.6 Å². The largest absolute Gasteiger partial charge is 0.493 e. The molecule has 0 unspecified atom stereocenters. The van der Waals surface area contributed by atoms with Crippen molar-refractivity contribution >= 4 is 29.3 Å². The molecule has 2 N–H and O–H groups in total. The lowest BCUT2D eigenvalue weighted by atomic mass is 10.1. The molecule has 1 aromatic heterocycles. The molecule has 0 fully saturated rings. The Balaban J connectivity index is 1.65. The Morgan fingerprint density at radius 1 is 0.812 bits per heavy atom. The Morgan fingerprint density at radius 2 is 1.38 bits per heavy atom. The van der Waals surface area contributed by atoms with Crippen LogP contribution < -0.4 is 24.8 Å². The van der Waals surface area contributed by atoms with Gasteiger partial charge in [0.1, 0.15) is 0 Å². The van der Waals surface area contributed by atoms with Gasteiger partial charge >= 0.3 is 0 Å². The third kappa shape index (κ3) is 5.63. The lowest BCUT2D eigenvalue weighted by Gasteiger charge is -2.14. The highest BCUT2D eigenvalue weighted by atomic mass is 16.5. The summed E-state index contributed by atoms with van der Waals surface area (Å²) in [6.45, 7) is 0. The topological polar surface area (TPSA) is 98.8 Å². The molecule has 32 heavy (non-hydrogen) atoms. The second-order valence-corrected chi connectivity index (χ2v) is 6.55. The van der Waals surface area contributed by atoms with Crippen LogP contribution in [0.25, 0.3) is 6.08 Å². The van der Waals surface area contributed by atoms with Crippen LogP contribution in [0.2, 0.25) is 0 Å². The van der Waals surface area contributed by atoms with Gasteiger partial charge in [-0.05, 0) is 60.2 Å². The molecule has 3 rings (SSSR count). The van der Waals surface area contributed by atoms with Gasteiger partial charge in [-0.1, -0.05) is 0 Å². The molecule has 164 valence electrons. The van der Waals surface area contributed by atoms with E-state index in [2.05, 4.69) is 15.6 Å².